The summed E-state index contributed by atoms with van der Waals surface area (Å²) in [5.74, 6) is -3.00. The molecule has 25 heteroatoms. The first kappa shape index (κ1) is 46.9. The molecule has 0 aromatic carbocycles. The van der Waals surface area contributed by atoms with Crippen LogP contribution in [0.1, 0.15) is 27.7 Å². The summed E-state index contributed by atoms with van der Waals surface area (Å²) in [6.45, 7) is 0.706. The van der Waals surface area contributed by atoms with Crippen molar-refractivity contribution >= 4 is 23.6 Å². The molecule has 57 heavy (non-hydrogen) atoms. The predicted octanol–water partition coefficient (Wildman–Crippen LogP) is -9.17. The van der Waals surface area contributed by atoms with Crippen molar-refractivity contribution in [3.8, 4) is 0 Å². The summed E-state index contributed by atoms with van der Waals surface area (Å²) in [4.78, 5) is 49.5. The topological polar surface area (TPSA) is 383 Å². The molecule has 4 fully saturated rings. The number of amides is 4. The summed E-state index contributed by atoms with van der Waals surface area (Å²) < 4.78 is 41.5. The van der Waals surface area contributed by atoms with Crippen molar-refractivity contribution < 1.29 is 103 Å². The van der Waals surface area contributed by atoms with Gasteiger partial charge in [0.1, 0.15) is 97.4 Å². The van der Waals surface area contributed by atoms with Gasteiger partial charge in [0, 0.05) is 27.7 Å². The summed E-state index contributed by atoms with van der Waals surface area (Å²) in [5, 5.41) is 115. The van der Waals surface area contributed by atoms with Crippen LogP contribution in [0.4, 0.5) is 0 Å². The van der Waals surface area contributed by atoms with Gasteiger partial charge in [0.05, 0.1) is 26.4 Å². The van der Waals surface area contributed by atoms with Gasteiger partial charge in [-0.2, -0.15) is 0 Å². The van der Waals surface area contributed by atoms with Crippen molar-refractivity contribution in [1.29, 1.82) is 0 Å². The number of rotatable bonds is 14. The zero-order valence-electron chi connectivity index (χ0n) is 31.3. The largest absolute Gasteiger partial charge is 0.394 e. The molecule has 0 aliphatic carbocycles. The highest BCUT2D eigenvalue weighted by atomic mass is 16.8. The van der Waals surface area contributed by atoms with Crippen molar-refractivity contribution in [3.05, 3.63) is 0 Å². The number of aliphatic hydroxyl groups is 10. The maximum Gasteiger partial charge on any atom is 0.217 e. The minimum absolute atomic E-state index is 0.718. The van der Waals surface area contributed by atoms with Gasteiger partial charge in [0.15, 0.2) is 25.2 Å². The van der Waals surface area contributed by atoms with E-state index in [2.05, 4.69) is 21.3 Å². The van der Waals surface area contributed by atoms with Gasteiger partial charge in [-0.15, -0.1) is 0 Å². The number of carbonyl (C=O) groups is 4. The molecule has 0 saturated carbocycles. The molecular formula is C32H54N4O21. The number of hydrogen-bond acceptors (Lipinski definition) is 21. The molecule has 0 radical (unpaired) electrons. The molecule has 4 unspecified atom stereocenters. The van der Waals surface area contributed by atoms with Crippen molar-refractivity contribution in [1.82, 2.24) is 21.3 Å². The molecule has 4 rings (SSSR count). The lowest BCUT2D eigenvalue weighted by atomic mass is 9.92. The van der Waals surface area contributed by atoms with E-state index in [4.69, 9.17) is 33.2 Å². The van der Waals surface area contributed by atoms with Crippen LogP contribution in [0.15, 0.2) is 0 Å². The minimum Gasteiger partial charge on any atom is -0.394 e. The van der Waals surface area contributed by atoms with Crippen LogP contribution >= 0.6 is 0 Å². The van der Waals surface area contributed by atoms with Gasteiger partial charge >= 0.3 is 0 Å². The zero-order valence-corrected chi connectivity index (χ0v) is 31.3. The van der Waals surface area contributed by atoms with Gasteiger partial charge in [-0.05, 0) is 0 Å². The zero-order chi connectivity index (χ0) is 42.5. The molecule has 20 atom stereocenters. The average molecular weight is 831 g/mol. The Hall–Kier alpha value is -2.80. The number of nitrogens with one attached hydrogen (secondary N) is 4. The first-order valence-corrected chi connectivity index (χ1v) is 18.1. The molecule has 0 aromatic rings. The maximum absolute atomic E-state index is 12.9. The second kappa shape index (κ2) is 20.4. The summed E-state index contributed by atoms with van der Waals surface area (Å²) >= 11 is 0. The Kier molecular flexibility index (Phi) is 16.8. The second-order valence-corrected chi connectivity index (χ2v) is 14.1. The summed E-state index contributed by atoms with van der Waals surface area (Å²) in [7, 11) is 0. The van der Waals surface area contributed by atoms with Crippen LogP contribution < -0.4 is 21.3 Å². The number of ether oxygens (including phenoxy) is 7. The quantitative estimate of drug-likeness (QED) is 0.0773. The number of aliphatic hydroxyl groups excluding tert-OH is 10. The highest BCUT2D eigenvalue weighted by Gasteiger charge is 2.57. The maximum atomic E-state index is 12.9. The third-order valence-electron chi connectivity index (χ3n) is 9.81. The van der Waals surface area contributed by atoms with E-state index in [0.29, 0.717) is 0 Å². The number of hydrogen-bond donors (Lipinski definition) is 14. The van der Waals surface area contributed by atoms with Crippen LogP contribution in [-0.4, -0.2) is 224 Å². The van der Waals surface area contributed by atoms with E-state index in [1.165, 1.54) is 0 Å². The second-order valence-electron chi connectivity index (χ2n) is 14.1. The van der Waals surface area contributed by atoms with Crippen LogP contribution in [-0.2, 0) is 52.3 Å². The van der Waals surface area contributed by atoms with Crippen molar-refractivity contribution in [2.45, 2.75) is 150 Å². The Labute approximate surface area is 325 Å². The highest BCUT2D eigenvalue weighted by molar-refractivity contribution is 5.74. The van der Waals surface area contributed by atoms with E-state index in [1.54, 1.807) is 0 Å². The van der Waals surface area contributed by atoms with Crippen molar-refractivity contribution in [3.63, 3.8) is 0 Å². The van der Waals surface area contributed by atoms with Crippen molar-refractivity contribution in [2.75, 3.05) is 26.4 Å². The minimum atomic E-state index is -1.88. The highest BCUT2D eigenvalue weighted by Crippen LogP contribution is 2.36. The molecule has 4 heterocycles. The van der Waals surface area contributed by atoms with Gasteiger partial charge in [-0.1, -0.05) is 0 Å². The van der Waals surface area contributed by atoms with E-state index in [9.17, 15) is 70.2 Å². The fraction of sp³-hybridized carbons (Fsp3) is 0.875. The van der Waals surface area contributed by atoms with Gasteiger partial charge in [-0.25, -0.2) is 0 Å². The molecular weight excluding hydrogens is 776 g/mol. The van der Waals surface area contributed by atoms with Gasteiger partial charge in [0.25, 0.3) is 0 Å². The first-order chi connectivity index (χ1) is 26.9. The lowest BCUT2D eigenvalue weighted by Gasteiger charge is -2.52. The Bertz CT molecular complexity index is 1370. The molecule has 25 nitrogen and oxygen atoms in total. The van der Waals surface area contributed by atoms with E-state index in [-0.39, 0.29) is 0 Å². The van der Waals surface area contributed by atoms with Gasteiger partial charge in [-0.3, -0.25) is 19.2 Å². The van der Waals surface area contributed by atoms with Gasteiger partial charge < -0.3 is 105 Å². The van der Waals surface area contributed by atoms with Crippen molar-refractivity contribution in [2.24, 2.45) is 0 Å². The SMILES string of the molecule is CC(=O)N[C@H]1C(O[C@H]2[C@H](OC3O[C@H](CO)[C@H](O)[C@H](O)[C@H]3NC(C)=O)[C@@H](NC(C)=O)C(O[C@H]3[C@@H](O)[C@@H](CO)OC(O)[C@@H]3NC(C)=O)O[C@@H]2CO)O[C@H](CO)[C@H](O)[C@@H]1O. The molecule has 4 amide bonds. The Morgan fingerprint density at radius 2 is 0.754 bits per heavy atom. The van der Waals surface area contributed by atoms with Crippen LogP contribution in [0.3, 0.4) is 0 Å². The summed E-state index contributed by atoms with van der Waals surface area (Å²) in [6, 6.07) is -6.43. The standard InChI is InChI=1S/C32H54N4O21/c1-9(41)33-17-24(48)21(45)13(5-37)52-30(17)55-26-16(8-40)54-32(56-27-19(35-11(3)43)29(50)51-15(7-39)23(27)47)20(36-12(4)44)28(26)57-31-18(34-10(2)42)25(49)22(46)14(6-38)53-31/h13-32,37-40,45-50H,5-8H2,1-4H3,(H,33,41)(H,34,42)(H,35,43)(H,36,44)/t13-,14-,15-,16-,17-,18-,19-,20-,21+,22+,23+,24-,25-,26-,27-,28-,29?,30?,31?,32?/m1/s1. The Morgan fingerprint density at radius 1 is 0.421 bits per heavy atom. The van der Waals surface area contributed by atoms with E-state index in [0.717, 1.165) is 27.7 Å². The molecule has 0 spiro atoms. The first-order valence-electron chi connectivity index (χ1n) is 18.1. The molecule has 0 aromatic heterocycles. The average Bonchev–Trinajstić information content (AvgIpc) is 3.14. The van der Waals surface area contributed by atoms with E-state index in [1.807, 2.05) is 0 Å². The molecule has 4 saturated heterocycles. The van der Waals surface area contributed by atoms with Crippen LogP contribution in [0.2, 0.25) is 0 Å². The van der Waals surface area contributed by atoms with E-state index >= 15 is 0 Å². The molecule has 328 valence electrons. The predicted molar refractivity (Wildman–Crippen MR) is 180 cm³/mol. The fourth-order valence-corrected chi connectivity index (χ4v) is 7.15. The monoisotopic (exact) mass is 830 g/mol. The normalized spacial score (nSPS) is 43.8. The lowest BCUT2D eigenvalue weighted by Crippen LogP contribution is -2.73. The molecule has 14 N–H and O–H groups in total. The molecule has 4 aliphatic heterocycles. The summed E-state index contributed by atoms with van der Waals surface area (Å²) in [5.41, 5.74) is 0. The van der Waals surface area contributed by atoms with E-state index < -0.39 is 173 Å². The molecule has 4 aliphatic rings. The third-order valence-corrected chi connectivity index (χ3v) is 9.81. The fourth-order valence-electron chi connectivity index (χ4n) is 7.15. The third kappa shape index (κ3) is 10.9. The lowest BCUT2D eigenvalue weighted by molar-refractivity contribution is -0.370. The Morgan fingerprint density at radius 3 is 1.18 bits per heavy atom. The number of carbonyl (C=O) groups excluding carboxylic acids is 4. The summed E-state index contributed by atoms with van der Waals surface area (Å²) in [6.07, 6.45) is -27.9. The molecule has 0 bridgehead atoms. The van der Waals surface area contributed by atoms with Crippen LogP contribution in [0.5, 0.6) is 0 Å². The van der Waals surface area contributed by atoms with Crippen LogP contribution in [0, 0.1) is 0 Å². The van der Waals surface area contributed by atoms with Gasteiger partial charge in [0.2, 0.25) is 23.6 Å². The Balaban J connectivity index is 1.86. The smallest absolute Gasteiger partial charge is 0.217 e. The van der Waals surface area contributed by atoms with Crippen LogP contribution in [0.25, 0.3) is 0 Å².